The standard InChI is InChI=1S/C15H20N4O2/c1-3-7-18(8-4-2)14(20)10-19-11-17-13-9-16-6-5-12(13)15(19)21/h5-6,9,11H,3-4,7-8,10H2,1-2H3. The maximum Gasteiger partial charge on any atom is 0.261 e. The number of carbonyl (C=O) groups excluding carboxylic acids is 1. The van der Waals surface area contributed by atoms with E-state index in [0.717, 1.165) is 12.8 Å². The molecule has 0 N–H and O–H groups in total. The van der Waals surface area contributed by atoms with Crippen molar-refractivity contribution in [2.45, 2.75) is 33.2 Å². The molecule has 0 atom stereocenters. The average Bonchev–Trinajstić information content (AvgIpc) is 2.50. The second-order valence-electron chi connectivity index (χ2n) is 4.95. The topological polar surface area (TPSA) is 68.1 Å². The first kappa shape index (κ1) is 15.2. The summed E-state index contributed by atoms with van der Waals surface area (Å²) in [5.41, 5.74) is 0.342. The maximum atomic E-state index is 12.3. The third-order valence-corrected chi connectivity index (χ3v) is 3.27. The van der Waals surface area contributed by atoms with Crippen molar-refractivity contribution < 1.29 is 4.79 Å². The van der Waals surface area contributed by atoms with E-state index in [1.54, 1.807) is 23.4 Å². The molecule has 0 bridgehead atoms. The zero-order chi connectivity index (χ0) is 15.2. The third-order valence-electron chi connectivity index (χ3n) is 3.27. The van der Waals surface area contributed by atoms with Gasteiger partial charge in [0.2, 0.25) is 5.91 Å². The van der Waals surface area contributed by atoms with Gasteiger partial charge in [0.15, 0.2) is 0 Å². The van der Waals surface area contributed by atoms with Crippen molar-refractivity contribution in [3.8, 4) is 0 Å². The summed E-state index contributed by atoms with van der Waals surface area (Å²) >= 11 is 0. The molecule has 0 aliphatic carbocycles. The molecule has 0 saturated heterocycles. The summed E-state index contributed by atoms with van der Waals surface area (Å²) in [6, 6.07) is 1.63. The van der Waals surface area contributed by atoms with E-state index in [4.69, 9.17) is 0 Å². The number of nitrogens with zero attached hydrogens (tertiary/aromatic N) is 4. The molecule has 0 aromatic carbocycles. The number of carbonyl (C=O) groups is 1. The quantitative estimate of drug-likeness (QED) is 0.806. The predicted molar refractivity (Wildman–Crippen MR) is 81.0 cm³/mol. The lowest BCUT2D eigenvalue weighted by Gasteiger charge is -2.21. The Bertz CT molecular complexity index is 675. The minimum atomic E-state index is -0.205. The predicted octanol–water partition coefficient (Wildman–Crippen LogP) is 1.44. The molecule has 21 heavy (non-hydrogen) atoms. The van der Waals surface area contributed by atoms with Gasteiger partial charge >= 0.3 is 0 Å². The van der Waals surface area contributed by atoms with E-state index in [1.807, 2.05) is 13.8 Å². The van der Waals surface area contributed by atoms with Crippen molar-refractivity contribution in [1.82, 2.24) is 19.4 Å². The maximum absolute atomic E-state index is 12.3. The second kappa shape index (κ2) is 6.97. The van der Waals surface area contributed by atoms with E-state index in [9.17, 15) is 9.59 Å². The monoisotopic (exact) mass is 288 g/mol. The Kier molecular flexibility index (Phi) is 5.03. The van der Waals surface area contributed by atoms with Crippen molar-refractivity contribution >= 4 is 16.8 Å². The van der Waals surface area contributed by atoms with Gasteiger partial charge in [-0.3, -0.25) is 19.1 Å². The lowest BCUT2D eigenvalue weighted by molar-refractivity contribution is -0.132. The van der Waals surface area contributed by atoms with Crippen molar-refractivity contribution in [2.75, 3.05) is 13.1 Å². The van der Waals surface area contributed by atoms with Crippen LogP contribution in [0.3, 0.4) is 0 Å². The minimum absolute atomic E-state index is 0.0318. The van der Waals surface area contributed by atoms with Gasteiger partial charge in [0.05, 0.1) is 23.4 Å². The molecule has 0 unspecified atom stereocenters. The van der Waals surface area contributed by atoms with Crippen LogP contribution in [-0.4, -0.2) is 38.4 Å². The summed E-state index contributed by atoms with van der Waals surface area (Å²) in [6.07, 6.45) is 6.33. The van der Waals surface area contributed by atoms with Crippen LogP contribution in [0, 0.1) is 0 Å². The molecule has 0 radical (unpaired) electrons. The van der Waals surface area contributed by atoms with Crippen LogP contribution in [0.5, 0.6) is 0 Å². The molecule has 2 aromatic heterocycles. The molecule has 0 aliphatic rings. The second-order valence-corrected chi connectivity index (χ2v) is 4.95. The SMILES string of the molecule is CCCN(CCC)C(=O)Cn1cnc2cnccc2c1=O. The highest BCUT2D eigenvalue weighted by atomic mass is 16.2. The number of aromatic nitrogens is 3. The smallest absolute Gasteiger partial charge is 0.261 e. The van der Waals surface area contributed by atoms with Crippen molar-refractivity contribution in [3.63, 3.8) is 0 Å². The molecule has 6 heteroatoms. The Morgan fingerprint density at radius 1 is 1.29 bits per heavy atom. The first-order valence-electron chi connectivity index (χ1n) is 7.24. The first-order valence-corrected chi connectivity index (χ1v) is 7.24. The van der Waals surface area contributed by atoms with E-state index in [0.29, 0.717) is 24.0 Å². The highest BCUT2D eigenvalue weighted by Crippen LogP contribution is 2.03. The molecule has 1 amide bonds. The molecule has 112 valence electrons. The van der Waals surface area contributed by atoms with Crippen LogP contribution in [0.15, 0.2) is 29.6 Å². The summed E-state index contributed by atoms with van der Waals surface area (Å²) < 4.78 is 1.36. The Balaban J connectivity index is 2.24. The normalized spacial score (nSPS) is 10.8. The van der Waals surface area contributed by atoms with Gasteiger partial charge in [-0.15, -0.1) is 0 Å². The van der Waals surface area contributed by atoms with Gasteiger partial charge in [0.25, 0.3) is 5.56 Å². The molecule has 0 saturated carbocycles. The van der Waals surface area contributed by atoms with E-state index in [-0.39, 0.29) is 18.0 Å². The number of amides is 1. The van der Waals surface area contributed by atoms with E-state index < -0.39 is 0 Å². The van der Waals surface area contributed by atoms with Gasteiger partial charge in [-0.05, 0) is 18.9 Å². The molecule has 2 rings (SSSR count). The van der Waals surface area contributed by atoms with Crippen molar-refractivity contribution in [2.24, 2.45) is 0 Å². The van der Waals surface area contributed by atoms with Crippen LogP contribution < -0.4 is 5.56 Å². The van der Waals surface area contributed by atoms with Gasteiger partial charge in [0.1, 0.15) is 6.54 Å². The van der Waals surface area contributed by atoms with E-state index >= 15 is 0 Å². The molecular formula is C15H20N4O2. The van der Waals surface area contributed by atoms with Crippen molar-refractivity contribution in [3.05, 3.63) is 35.1 Å². The summed E-state index contributed by atoms with van der Waals surface area (Å²) in [6.45, 7) is 5.53. The van der Waals surface area contributed by atoms with Crippen LogP contribution in [0.1, 0.15) is 26.7 Å². The lowest BCUT2D eigenvalue weighted by atomic mass is 10.3. The minimum Gasteiger partial charge on any atom is -0.341 e. The number of hydrogen-bond acceptors (Lipinski definition) is 4. The molecule has 6 nitrogen and oxygen atoms in total. The molecule has 0 fully saturated rings. The van der Waals surface area contributed by atoms with E-state index in [1.165, 1.54) is 10.9 Å². The Labute approximate surface area is 123 Å². The highest BCUT2D eigenvalue weighted by Gasteiger charge is 2.14. The molecule has 2 heterocycles. The van der Waals surface area contributed by atoms with Crippen LogP contribution in [0.2, 0.25) is 0 Å². The Hall–Kier alpha value is -2.24. The van der Waals surface area contributed by atoms with Gasteiger partial charge in [-0.2, -0.15) is 0 Å². The number of pyridine rings is 1. The summed E-state index contributed by atoms with van der Waals surface area (Å²) in [5.74, 6) is -0.0454. The molecular weight excluding hydrogens is 268 g/mol. The number of hydrogen-bond donors (Lipinski definition) is 0. The number of fused-ring (bicyclic) bond motifs is 1. The largest absolute Gasteiger partial charge is 0.341 e. The van der Waals surface area contributed by atoms with Gasteiger partial charge in [0, 0.05) is 19.3 Å². The van der Waals surface area contributed by atoms with Gasteiger partial charge in [-0.25, -0.2) is 4.98 Å². The molecule has 0 spiro atoms. The first-order chi connectivity index (χ1) is 10.2. The van der Waals surface area contributed by atoms with Gasteiger partial charge < -0.3 is 4.90 Å². The van der Waals surface area contributed by atoms with Crippen molar-refractivity contribution in [1.29, 1.82) is 0 Å². The van der Waals surface area contributed by atoms with Crippen LogP contribution in [0.25, 0.3) is 10.9 Å². The summed E-state index contributed by atoms with van der Waals surface area (Å²) in [5, 5.41) is 0.484. The fourth-order valence-electron chi connectivity index (χ4n) is 2.27. The fourth-order valence-corrected chi connectivity index (χ4v) is 2.27. The van der Waals surface area contributed by atoms with E-state index in [2.05, 4.69) is 9.97 Å². The third kappa shape index (κ3) is 3.45. The zero-order valence-electron chi connectivity index (χ0n) is 12.5. The van der Waals surface area contributed by atoms with Crippen LogP contribution in [0.4, 0.5) is 0 Å². The van der Waals surface area contributed by atoms with Crippen LogP contribution in [-0.2, 0) is 11.3 Å². The fraction of sp³-hybridized carbons (Fsp3) is 0.467. The summed E-state index contributed by atoms with van der Waals surface area (Å²) in [4.78, 5) is 34.5. The molecule has 2 aromatic rings. The highest BCUT2D eigenvalue weighted by molar-refractivity contribution is 5.78. The zero-order valence-corrected chi connectivity index (χ0v) is 12.5. The van der Waals surface area contributed by atoms with Gasteiger partial charge in [-0.1, -0.05) is 13.8 Å². The average molecular weight is 288 g/mol. The lowest BCUT2D eigenvalue weighted by Crippen LogP contribution is -2.37. The van der Waals surface area contributed by atoms with Crippen LogP contribution >= 0.6 is 0 Å². The summed E-state index contributed by atoms with van der Waals surface area (Å²) in [7, 11) is 0. The number of rotatable bonds is 6. The Morgan fingerprint density at radius 2 is 2.00 bits per heavy atom. The Morgan fingerprint density at radius 3 is 2.67 bits per heavy atom. The molecule has 0 aliphatic heterocycles.